The largest absolute Gasteiger partial charge is 0.485 e. The molecule has 0 unspecified atom stereocenters. The number of non-ortho nitro benzene ring substituents is 1. The first-order chi connectivity index (χ1) is 13.1. The molecule has 0 bridgehead atoms. The van der Waals surface area contributed by atoms with Gasteiger partial charge in [-0.05, 0) is 18.6 Å². The van der Waals surface area contributed by atoms with Gasteiger partial charge in [0.25, 0.3) is 11.6 Å². The topological polar surface area (TPSA) is 103 Å². The van der Waals surface area contributed by atoms with Gasteiger partial charge in [0.05, 0.1) is 10.6 Å². The van der Waals surface area contributed by atoms with Crippen molar-refractivity contribution >= 4 is 17.3 Å². The minimum atomic E-state index is -0.823. The molecule has 1 aliphatic rings. The van der Waals surface area contributed by atoms with E-state index in [0.29, 0.717) is 29.2 Å². The average Bonchev–Trinajstić information content (AvgIpc) is 2.70. The number of hydrogen-bond acceptors (Lipinski definition) is 6. The number of ether oxygens (including phenoxy) is 2. The van der Waals surface area contributed by atoms with Crippen molar-refractivity contribution in [3.05, 3.63) is 64.2 Å². The van der Waals surface area contributed by atoms with Gasteiger partial charge in [0.2, 0.25) is 6.10 Å². The number of nitrogens with zero attached hydrogens (tertiary/aromatic N) is 2. The molecule has 2 aromatic carbocycles. The molecule has 0 radical (unpaired) electrons. The minimum Gasteiger partial charge on any atom is -0.485 e. The molecule has 1 aliphatic heterocycles. The van der Waals surface area contributed by atoms with Crippen molar-refractivity contribution < 1.29 is 19.2 Å². The van der Waals surface area contributed by atoms with Crippen LogP contribution in [0.3, 0.4) is 0 Å². The van der Waals surface area contributed by atoms with E-state index in [1.165, 1.54) is 12.1 Å². The lowest BCUT2D eigenvalue weighted by Gasteiger charge is -2.24. The van der Waals surface area contributed by atoms with E-state index in [1.807, 2.05) is 13.0 Å². The second-order valence-electron chi connectivity index (χ2n) is 5.96. The highest BCUT2D eigenvalue weighted by molar-refractivity contribution is 6.01. The van der Waals surface area contributed by atoms with E-state index in [-0.39, 0.29) is 12.3 Å². The number of para-hydroxylation sites is 2. The Kier molecular flexibility index (Phi) is 5.65. The second kappa shape index (κ2) is 8.31. The van der Waals surface area contributed by atoms with Gasteiger partial charge < -0.3 is 9.47 Å². The molecule has 8 nitrogen and oxygen atoms in total. The van der Waals surface area contributed by atoms with Crippen LogP contribution in [0.2, 0.25) is 0 Å². The molecule has 0 fully saturated rings. The summed E-state index contributed by atoms with van der Waals surface area (Å²) >= 11 is 0. The molecule has 0 spiro atoms. The molecule has 3 rings (SSSR count). The SMILES string of the molecule is CCC/C(=N/NC(=O)[C@H]1COc2ccccc2O1)c1cccc([N+](=O)[O-])c1. The van der Waals surface area contributed by atoms with Gasteiger partial charge >= 0.3 is 0 Å². The van der Waals surface area contributed by atoms with Crippen LogP contribution in [0.4, 0.5) is 5.69 Å². The maximum Gasteiger partial charge on any atom is 0.284 e. The van der Waals surface area contributed by atoms with E-state index in [2.05, 4.69) is 10.5 Å². The molecule has 140 valence electrons. The number of nitro groups is 1. The summed E-state index contributed by atoms with van der Waals surface area (Å²) in [6, 6.07) is 13.3. The van der Waals surface area contributed by atoms with Crippen LogP contribution in [0.15, 0.2) is 53.6 Å². The van der Waals surface area contributed by atoms with Crippen molar-refractivity contribution in [1.82, 2.24) is 5.43 Å². The Labute approximate surface area is 155 Å². The number of fused-ring (bicyclic) bond motifs is 1. The van der Waals surface area contributed by atoms with Crippen LogP contribution < -0.4 is 14.9 Å². The standard InChI is InChI=1S/C19H19N3O5/c1-2-6-15(13-7-5-8-14(11-13)22(24)25)20-21-19(23)18-12-26-16-9-3-4-10-17(16)27-18/h3-5,7-11,18H,2,6,12H2,1H3,(H,21,23)/b20-15-/t18-/m1/s1. The van der Waals surface area contributed by atoms with Gasteiger partial charge in [-0.3, -0.25) is 14.9 Å². The van der Waals surface area contributed by atoms with Gasteiger partial charge in [0.1, 0.15) is 6.61 Å². The zero-order valence-corrected chi connectivity index (χ0v) is 14.8. The summed E-state index contributed by atoms with van der Waals surface area (Å²) in [5.74, 6) is 0.650. The van der Waals surface area contributed by atoms with Gasteiger partial charge in [-0.1, -0.05) is 37.6 Å². The molecule has 0 aliphatic carbocycles. The molecule has 1 heterocycles. The van der Waals surface area contributed by atoms with Crippen molar-refractivity contribution in [2.75, 3.05) is 6.61 Å². The zero-order valence-electron chi connectivity index (χ0n) is 14.8. The van der Waals surface area contributed by atoms with Crippen molar-refractivity contribution in [3.8, 4) is 11.5 Å². The highest BCUT2D eigenvalue weighted by Gasteiger charge is 2.27. The van der Waals surface area contributed by atoms with Crippen LogP contribution >= 0.6 is 0 Å². The Morgan fingerprint density at radius 3 is 2.78 bits per heavy atom. The fraction of sp³-hybridized carbons (Fsp3) is 0.263. The summed E-state index contributed by atoms with van der Waals surface area (Å²) in [5.41, 5.74) is 3.62. The highest BCUT2D eigenvalue weighted by Crippen LogP contribution is 2.30. The first-order valence-corrected chi connectivity index (χ1v) is 8.58. The van der Waals surface area contributed by atoms with Crippen LogP contribution in [0.25, 0.3) is 0 Å². The van der Waals surface area contributed by atoms with Crippen molar-refractivity contribution in [2.45, 2.75) is 25.9 Å². The van der Waals surface area contributed by atoms with Crippen molar-refractivity contribution in [2.24, 2.45) is 5.10 Å². The molecule has 1 N–H and O–H groups in total. The minimum absolute atomic E-state index is 0.0248. The van der Waals surface area contributed by atoms with E-state index in [4.69, 9.17) is 9.47 Å². The van der Waals surface area contributed by atoms with Gasteiger partial charge in [-0.15, -0.1) is 0 Å². The van der Waals surface area contributed by atoms with Crippen molar-refractivity contribution in [1.29, 1.82) is 0 Å². The lowest BCUT2D eigenvalue weighted by molar-refractivity contribution is -0.384. The van der Waals surface area contributed by atoms with Gasteiger partial charge in [-0.2, -0.15) is 5.10 Å². The number of rotatable bonds is 6. The number of nitro benzene ring substituents is 1. The Hall–Kier alpha value is -3.42. The third-order valence-electron chi connectivity index (χ3n) is 3.98. The molecule has 27 heavy (non-hydrogen) atoms. The number of carbonyl (C=O) groups excluding carboxylic acids is 1. The van der Waals surface area contributed by atoms with Crippen LogP contribution in [-0.4, -0.2) is 29.3 Å². The number of carbonyl (C=O) groups is 1. The number of amides is 1. The average molecular weight is 369 g/mol. The molecular formula is C19H19N3O5. The number of hydrazone groups is 1. The van der Waals surface area contributed by atoms with Crippen molar-refractivity contribution in [3.63, 3.8) is 0 Å². The predicted octanol–water partition coefficient (Wildman–Crippen LogP) is 3.06. The Bertz CT molecular complexity index is 881. The van der Waals surface area contributed by atoms with E-state index < -0.39 is 16.9 Å². The van der Waals surface area contributed by atoms with E-state index in [1.54, 1.807) is 30.3 Å². The number of nitrogens with one attached hydrogen (secondary N) is 1. The zero-order chi connectivity index (χ0) is 19.2. The monoisotopic (exact) mass is 369 g/mol. The normalized spacial score (nSPS) is 15.9. The molecule has 1 amide bonds. The second-order valence-corrected chi connectivity index (χ2v) is 5.96. The smallest absolute Gasteiger partial charge is 0.284 e. The summed E-state index contributed by atoms with van der Waals surface area (Å²) in [6.45, 7) is 2.04. The summed E-state index contributed by atoms with van der Waals surface area (Å²) in [7, 11) is 0. The first kappa shape index (κ1) is 18.4. The van der Waals surface area contributed by atoms with E-state index in [0.717, 1.165) is 6.42 Å². The number of hydrogen-bond donors (Lipinski definition) is 1. The Morgan fingerprint density at radius 1 is 1.26 bits per heavy atom. The van der Waals surface area contributed by atoms with Crippen LogP contribution in [0.1, 0.15) is 25.3 Å². The highest BCUT2D eigenvalue weighted by atomic mass is 16.6. The summed E-state index contributed by atoms with van der Waals surface area (Å²) in [4.78, 5) is 22.9. The molecular weight excluding hydrogens is 350 g/mol. The fourth-order valence-electron chi connectivity index (χ4n) is 2.64. The van der Waals surface area contributed by atoms with Crippen LogP contribution in [0, 0.1) is 10.1 Å². The Morgan fingerprint density at radius 2 is 2.04 bits per heavy atom. The fourth-order valence-corrected chi connectivity index (χ4v) is 2.64. The summed E-state index contributed by atoms with van der Waals surface area (Å²) < 4.78 is 11.2. The lowest BCUT2D eigenvalue weighted by atomic mass is 10.1. The quantitative estimate of drug-likeness (QED) is 0.479. The van der Waals surface area contributed by atoms with E-state index >= 15 is 0 Å². The molecule has 0 saturated heterocycles. The molecule has 8 heteroatoms. The Balaban J connectivity index is 1.73. The summed E-state index contributed by atoms with van der Waals surface area (Å²) in [6.07, 6.45) is 0.511. The molecule has 0 aromatic heterocycles. The third kappa shape index (κ3) is 4.41. The van der Waals surface area contributed by atoms with E-state index in [9.17, 15) is 14.9 Å². The molecule has 1 atom stereocenters. The van der Waals surface area contributed by atoms with Gasteiger partial charge in [-0.25, -0.2) is 5.43 Å². The van der Waals surface area contributed by atoms with Gasteiger partial charge in [0.15, 0.2) is 11.5 Å². The third-order valence-corrected chi connectivity index (χ3v) is 3.98. The molecule has 2 aromatic rings. The van der Waals surface area contributed by atoms with Crippen LogP contribution in [0.5, 0.6) is 11.5 Å². The predicted molar refractivity (Wildman–Crippen MR) is 99.0 cm³/mol. The summed E-state index contributed by atoms with van der Waals surface area (Å²) in [5, 5.41) is 15.1. The number of benzene rings is 2. The first-order valence-electron chi connectivity index (χ1n) is 8.58. The maximum absolute atomic E-state index is 12.4. The maximum atomic E-state index is 12.4. The van der Waals surface area contributed by atoms with Crippen LogP contribution in [-0.2, 0) is 4.79 Å². The molecule has 0 saturated carbocycles. The lowest BCUT2D eigenvalue weighted by Crippen LogP contribution is -2.42. The van der Waals surface area contributed by atoms with Gasteiger partial charge in [0, 0.05) is 17.7 Å².